The van der Waals surface area contributed by atoms with Crippen molar-refractivity contribution in [3.63, 3.8) is 0 Å². The molecular weight excluding hydrogens is 235 g/mol. The highest BCUT2D eigenvalue weighted by molar-refractivity contribution is 5.72. The number of alkyl halides is 2. The van der Waals surface area contributed by atoms with Gasteiger partial charge in [-0.2, -0.15) is 0 Å². The van der Waals surface area contributed by atoms with Gasteiger partial charge in [0.15, 0.2) is 0 Å². The van der Waals surface area contributed by atoms with E-state index < -0.39 is 23.9 Å². The second-order valence-corrected chi connectivity index (χ2v) is 3.39. The molecule has 0 fully saturated rings. The van der Waals surface area contributed by atoms with E-state index in [9.17, 15) is 18.0 Å². The Bertz CT molecular complexity index is 421. The number of halogens is 3. The van der Waals surface area contributed by atoms with E-state index in [4.69, 9.17) is 0 Å². The molecule has 94 valence electrons. The Labute approximate surface area is 96.6 Å². The van der Waals surface area contributed by atoms with E-state index in [-0.39, 0.29) is 24.3 Å². The molecule has 0 atom stereocenters. The van der Waals surface area contributed by atoms with Crippen molar-refractivity contribution in [2.24, 2.45) is 0 Å². The van der Waals surface area contributed by atoms with Crippen molar-refractivity contribution >= 4 is 5.97 Å². The molecule has 0 unspecified atom stereocenters. The van der Waals surface area contributed by atoms with Crippen LogP contribution in [0.1, 0.15) is 30.3 Å². The maximum atomic E-state index is 13.3. The number of hydrogen-bond donors (Lipinski definition) is 0. The molecule has 0 saturated heterocycles. The van der Waals surface area contributed by atoms with E-state index >= 15 is 0 Å². The summed E-state index contributed by atoms with van der Waals surface area (Å²) in [6, 6.07) is 0.970. The van der Waals surface area contributed by atoms with Crippen molar-refractivity contribution in [3.8, 4) is 0 Å². The molecule has 0 aromatic carbocycles. The fourth-order valence-electron chi connectivity index (χ4n) is 1.31. The summed E-state index contributed by atoms with van der Waals surface area (Å²) >= 11 is 0. The largest absolute Gasteiger partial charge is 0.466 e. The van der Waals surface area contributed by atoms with Gasteiger partial charge in [0.25, 0.3) is 6.43 Å². The summed E-state index contributed by atoms with van der Waals surface area (Å²) in [6.07, 6.45) is -3.18. The first-order chi connectivity index (χ1) is 7.95. The van der Waals surface area contributed by atoms with Crippen LogP contribution in [0, 0.1) is 12.7 Å². The average molecular weight is 247 g/mol. The number of nitrogens with zero attached hydrogens (tertiary/aromatic N) is 1. The molecule has 0 radical (unpaired) electrons. The molecule has 0 bridgehead atoms. The van der Waals surface area contributed by atoms with Crippen molar-refractivity contribution in [2.75, 3.05) is 6.61 Å². The molecule has 1 heterocycles. The van der Waals surface area contributed by atoms with Gasteiger partial charge in [0.05, 0.1) is 18.7 Å². The van der Waals surface area contributed by atoms with Gasteiger partial charge >= 0.3 is 5.97 Å². The van der Waals surface area contributed by atoms with E-state index in [0.717, 1.165) is 6.07 Å². The zero-order valence-corrected chi connectivity index (χ0v) is 9.47. The highest BCUT2D eigenvalue weighted by Crippen LogP contribution is 2.23. The normalized spacial score (nSPS) is 10.7. The molecule has 0 aliphatic rings. The Balaban J connectivity index is 2.98. The lowest BCUT2D eigenvalue weighted by atomic mass is 10.1. The van der Waals surface area contributed by atoms with Gasteiger partial charge in [-0.05, 0) is 19.9 Å². The Morgan fingerprint density at radius 1 is 1.53 bits per heavy atom. The minimum Gasteiger partial charge on any atom is -0.466 e. The van der Waals surface area contributed by atoms with Crippen LogP contribution in [0.3, 0.4) is 0 Å². The fourth-order valence-corrected chi connectivity index (χ4v) is 1.31. The summed E-state index contributed by atoms with van der Waals surface area (Å²) in [5, 5.41) is 0. The molecule has 0 spiro atoms. The molecule has 1 aromatic rings. The highest BCUT2D eigenvalue weighted by atomic mass is 19.3. The standard InChI is InChI=1S/C11H12F3NO2/c1-3-17-9(16)5-7-4-8(12)6(2)10(15-7)11(13)14/h4,11H,3,5H2,1-2H3. The molecule has 0 amide bonds. The minimum atomic E-state index is -2.87. The summed E-state index contributed by atoms with van der Waals surface area (Å²) in [5.74, 6) is -1.42. The van der Waals surface area contributed by atoms with Crippen LogP contribution in [0.4, 0.5) is 13.2 Å². The number of ether oxygens (including phenoxy) is 1. The van der Waals surface area contributed by atoms with E-state index in [1.165, 1.54) is 6.92 Å². The molecule has 6 heteroatoms. The first kappa shape index (κ1) is 13.5. The smallest absolute Gasteiger partial charge is 0.311 e. The SMILES string of the molecule is CCOC(=O)Cc1cc(F)c(C)c(C(F)F)n1. The average Bonchev–Trinajstić information content (AvgIpc) is 2.23. The van der Waals surface area contributed by atoms with Crippen molar-refractivity contribution < 1.29 is 22.7 Å². The van der Waals surface area contributed by atoms with Gasteiger partial charge in [-0.1, -0.05) is 0 Å². The number of aromatic nitrogens is 1. The van der Waals surface area contributed by atoms with Gasteiger partial charge in [-0.15, -0.1) is 0 Å². The highest BCUT2D eigenvalue weighted by Gasteiger charge is 2.18. The summed E-state index contributed by atoms with van der Waals surface area (Å²) < 4.78 is 43.0. The molecule has 1 aromatic heterocycles. The van der Waals surface area contributed by atoms with Gasteiger partial charge in [0.1, 0.15) is 11.5 Å². The van der Waals surface area contributed by atoms with Crippen LogP contribution in [-0.4, -0.2) is 17.6 Å². The Morgan fingerprint density at radius 3 is 2.71 bits per heavy atom. The minimum absolute atomic E-state index is 0.0538. The van der Waals surface area contributed by atoms with Crippen molar-refractivity contribution in [2.45, 2.75) is 26.7 Å². The third-order valence-corrected chi connectivity index (χ3v) is 2.14. The third-order valence-electron chi connectivity index (χ3n) is 2.14. The zero-order chi connectivity index (χ0) is 13.0. The second kappa shape index (κ2) is 5.65. The lowest BCUT2D eigenvalue weighted by Gasteiger charge is -2.08. The number of hydrogen-bond acceptors (Lipinski definition) is 3. The Morgan fingerprint density at radius 2 is 2.18 bits per heavy atom. The summed E-state index contributed by atoms with van der Waals surface area (Å²) in [7, 11) is 0. The third kappa shape index (κ3) is 3.44. The number of esters is 1. The fraction of sp³-hybridized carbons (Fsp3) is 0.455. The van der Waals surface area contributed by atoms with Crippen molar-refractivity contribution in [1.29, 1.82) is 0 Å². The molecular formula is C11H12F3NO2. The monoisotopic (exact) mass is 247 g/mol. The molecule has 0 aliphatic heterocycles. The maximum Gasteiger partial charge on any atom is 0.311 e. The first-order valence-corrected chi connectivity index (χ1v) is 5.05. The van der Waals surface area contributed by atoms with Crippen LogP contribution in [-0.2, 0) is 16.0 Å². The van der Waals surface area contributed by atoms with Crippen molar-refractivity contribution in [1.82, 2.24) is 4.98 Å². The van der Waals surface area contributed by atoms with Gasteiger partial charge in [0, 0.05) is 5.56 Å². The molecule has 0 aliphatic carbocycles. The second-order valence-electron chi connectivity index (χ2n) is 3.39. The van der Waals surface area contributed by atoms with Crippen molar-refractivity contribution in [3.05, 3.63) is 28.8 Å². The molecule has 3 nitrogen and oxygen atoms in total. The van der Waals surface area contributed by atoms with E-state index in [0.29, 0.717) is 0 Å². The maximum absolute atomic E-state index is 13.3. The van der Waals surface area contributed by atoms with Crippen LogP contribution in [0.25, 0.3) is 0 Å². The Hall–Kier alpha value is -1.59. The van der Waals surface area contributed by atoms with E-state index in [1.54, 1.807) is 6.92 Å². The Kier molecular flexibility index (Phi) is 4.48. The number of pyridine rings is 1. The first-order valence-electron chi connectivity index (χ1n) is 5.05. The van der Waals surface area contributed by atoms with Crippen LogP contribution in [0.5, 0.6) is 0 Å². The lowest BCUT2D eigenvalue weighted by molar-refractivity contribution is -0.142. The van der Waals surface area contributed by atoms with Crippen LogP contribution in [0.2, 0.25) is 0 Å². The quantitative estimate of drug-likeness (QED) is 0.767. The van der Waals surface area contributed by atoms with Crippen LogP contribution < -0.4 is 0 Å². The molecule has 0 N–H and O–H groups in total. The zero-order valence-electron chi connectivity index (χ0n) is 9.47. The lowest BCUT2D eigenvalue weighted by Crippen LogP contribution is -2.11. The number of carbonyl (C=O) groups excluding carboxylic acids is 1. The molecule has 0 saturated carbocycles. The predicted octanol–water partition coefficient (Wildman–Crippen LogP) is 2.57. The topological polar surface area (TPSA) is 39.2 Å². The number of rotatable bonds is 4. The van der Waals surface area contributed by atoms with Gasteiger partial charge in [0.2, 0.25) is 0 Å². The van der Waals surface area contributed by atoms with Crippen LogP contribution in [0.15, 0.2) is 6.07 Å². The van der Waals surface area contributed by atoms with Gasteiger partial charge in [-0.25, -0.2) is 13.2 Å². The summed E-state index contributed by atoms with van der Waals surface area (Å²) in [6.45, 7) is 3.01. The molecule has 1 rings (SSSR count). The van der Waals surface area contributed by atoms with Crippen LogP contribution >= 0.6 is 0 Å². The van der Waals surface area contributed by atoms with Gasteiger partial charge in [-0.3, -0.25) is 9.78 Å². The van der Waals surface area contributed by atoms with E-state index in [2.05, 4.69) is 9.72 Å². The number of carbonyl (C=O) groups is 1. The van der Waals surface area contributed by atoms with Gasteiger partial charge < -0.3 is 4.74 Å². The molecule has 17 heavy (non-hydrogen) atoms. The summed E-state index contributed by atoms with van der Waals surface area (Å²) in [4.78, 5) is 14.7. The predicted molar refractivity (Wildman–Crippen MR) is 54.2 cm³/mol. The van der Waals surface area contributed by atoms with E-state index in [1.807, 2.05) is 0 Å². The summed E-state index contributed by atoms with van der Waals surface area (Å²) in [5.41, 5.74) is -0.890.